The number of rotatable bonds is 8. The number of benzene rings is 1. The minimum absolute atomic E-state index is 0.0405. The molecule has 0 aromatic heterocycles. The van der Waals surface area contributed by atoms with Gasteiger partial charge in [0.05, 0.1) is 0 Å². The summed E-state index contributed by atoms with van der Waals surface area (Å²) in [5.41, 5.74) is 1.96. The van der Waals surface area contributed by atoms with Gasteiger partial charge in [0.1, 0.15) is 0 Å². The lowest BCUT2D eigenvalue weighted by Crippen LogP contribution is -2.38. The van der Waals surface area contributed by atoms with Crippen LogP contribution in [0.5, 0.6) is 0 Å². The molecule has 0 aliphatic carbocycles. The molecule has 1 aliphatic heterocycles. The van der Waals surface area contributed by atoms with Crippen molar-refractivity contribution in [1.82, 2.24) is 10.6 Å². The third-order valence-corrected chi connectivity index (χ3v) is 4.61. The highest BCUT2D eigenvalue weighted by Gasteiger charge is 2.14. The summed E-state index contributed by atoms with van der Waals surface area (Å²) in [7, 11) is 0. The second-order valence-electron chi connectivity index (χ2n) is 6.40. The number of anilines is 1. The van der Waals surface area contributed by atoms with E-state index >= 15 is 0 Å². The molecular weight excluding hydrogens is 286 g/mol. The van der Waals surface area contributed by atoms with Crippen LogP contribution < -0.4 is 15.5 Å². The van der Waals surface area contributed by atoms with Crippen LogP contribution >= 0.6 is 0 Å². The number of amides is 1. The van der Waals surface area contributed by atoms with Gasteiger partial charge in [0.15, 0.2) is 0 Å². The van der Waals surface area contributed by atoms with Crippen molar-refractivity contribution < 1.29 is 4.79 Å². The lowest BCUT2D eigenvalue weighted by molar-refractivity contribution is 0.0945. The molecule has 23 heavy (non-hydrogen) atoms. The maximum atomic E-state index is 12.3. The Balaban J connectivity index is 1.86. The van der Waals surface area contributed by atoms with Crippen LogP contribution in [-0.2, 0) is 0 Å². The molecule has 4 nitrogen and oxygen atoms in total. The van der Waals surface area contributed by atoms with E-state index in [1.54, 1.807) is 0 Å². The second kappa shape index (κ2) is 9.56. The largest absolute Gasteiger partial charge is 0.372 e. The predicted octanol–water partition coefficient (Wildman–Crippen LogP) is 3.04. The standard InChI is InChI=1S/C19H31N3O/c1-3-5-13-22(4-2)18-10-8-17(9-11-18)19(23)21-15-16-7-6-12-20-14-16/h8-11,16,20H,3-7,12-15H2,1-2H3,(H,21,23). The molecular formula is C19H31N3O. The highest BCUT2D eigenvalue weighted by Crippen LogP contribution is 2.16. The van der Waals surface area contributed by atoms with Crippen molar-refractivity contribution in [3.05, 3.63) is 29.8 Å². The molecule has 0 radical (unpaired) electrons. The minimum Gasteiger partial charge on any atom is -0.372 e. The van der Waals surface area contributed by atoms with E-state index in [9.17, 15) is 4.79 Å². The van der Waals surface area contributed by atoms with Crippen molar-refractivity contribution in [2.75, 3.05) is 37.6 Å². The van der Waals surface area contributed by atoms with E-state index in [1.165, 1.54) is 31.4 Å². The third kappa shape index (κ3) is 5.54. The van der Waals surface area contributed by atoms with Crippen LogP contribution in [0.25, 0.3) is 0 Å². The average molecular weight is 317 g/mol. The second-order valence-corrected chi connectivity index (χ2v) is 6.40. The molecule has 2 N–H and O–H groups in total. The summed E-state index contributed by atoms with van der Waals surface area (Å²) in [6, 6.07) is 8.02. The van der Waals surface area contributed by atoms with E-state index < -0.39 is 0 Å². The van der Waals surface area contributed by atoms with Gasteiger partial charge < -0.3 is 15.5 Å². The Morgan fingerprint density at radius 3 is 2.70 bits per heavy atom. The van der Waals surface area contributed by atoms with Crippen LogP contribution in [-0.4, -0.2) is 38.6 Å². The SMILES string of the molecule is CCCCN(CC)c1ccc(C(=O)NCC2CCCNC2)cc1. The smallest absolute Gasteiger partial charge is 0.251 e. The maximum Gasteiger partial charge on any atom is 0.251 e. The van der Waals surface area contributed by atoms with Crippen molar-refractivity contribution in [3.63, 3.8) is 0 Å². The normalized spacial score (nSPS) is 17.7. The van der Waals surface area contributed by atoms with Crippen LogP contribution in [0, 0.1) is 5.92 Å². The molecule has 0 spiro atoms. The quantitative estimate of drug-likeness (QED) is 0.774. The number of nitrogens with zero attached hydrogens (tertiary/aromatic N) is 1. The first kappa shape index (κ1) is 17.8. The minimum atomic E-state index is 0.0405. The Morgan fingerprint density at radius 2 is 2.09 bits per heavy atom. The zero-order valence-electron chi connectivity index (χ0n) is 14.6. The zero-order valence-corrected chi connectivity index (χ0v) is 14.6. The Hall–Kier alpha value is -1.55. The van der Waals surface area contributed by atoms with E-state index in [0.717, 1.165) is 38.3 Å². The first-order chi connectivity index (χ1) is 11.2. The first-order valence-corrected chi connectivity index (χ1v) is 9.08. The monoisotopic (exact) mass is 317 g/mol. The van der Waals surface area contributed by atoms with Crippen LogP contribution in [0.1, 0.15) is 49.9 Å². The highest BCUT2D eigenvalue weighted by atomic mass is 16.1. The number of hydrogen-bond acceptors (Lipinski definition) is 3. The number of carbonyl (C=O) groups is 1. The first-order valence-electron chi connectivity index (χ1n) is 9.08. The van der Waals surface area contributed by atoms with Crippen LogP contribution in [0.4, 0.5) is 5.69 Å². The number of unbranched alkanes of at least 4 members (excludes halogenated alkanes) is 1. The molecule has 1 heterocycles. The van der Waals surface area contributed by atoms with Crippen molar-refractivity contribution in [3.8, 4) is 0 Å². The summed E-state index contributed by atoms with van der Waals surface area (Å²) in [6.07, 6.45) is 4.81. The number of carbonyl (C=O) groups excluding carboxylic acids is 1. The molecule has 0 bridgehead atoms. The molecule has 1 atom stereocenters. The number of hydrogen-bond donors (Lipinski definition) is 2. The number of piperidine rings is 1. The third-order valence-electron chi connectivity index (χ3n) is 4.61. The van der Waals surface area contributed by atoms with Gasteiger partial charge in [-0.1, -0.05) is 13.3 Å². The maximum absolute atomic E-state index is 12.3. The fraction of sp³-hybridized carbons (Fsp3) is 0.632. The molecule has 0 saturated carbocycles. The molecule has 4 heteroatoms. The van der Waals surface area contributed by atoms with Gasteiger partial charge in [-0.05, 0) is 69.5 Å². The molecule has 1 fully saturated rings. The van der Waals surface area contributed by atoms with Crippen LogP contribution in [0.3, 0.4) is 0 Å². The van der Waals surface area contributed by atoms with Gasteiger partial charge in [0.25, 0.3) is 5.91 Å². The Bertz CT molecular complexity index is 466. The van der Waals surface area contributed by atoms with Gasteiger partial charge in [0.2, 0.25) is 0 Å². The molecule has 1 aromatic rings. The molecule has 128 valence electrons. The van der Waals surface area contributed by atoms with Gasteiger partial charge in [0, 0.05) is 30.9 Å². The number of nitrogens with one attached hydrogen (secondary N) is 2. The van der Waals surface area contributed by atoms with Crippen LogP contribution in [0.2, 0.25) is 0 Å². The summed E-state index contributed by atoms with van der Waals surface area (Å²) >= 11 is 0. The Labute approximate surface area is 140 Å². The lowest BCUT2D eigenvalue weighted by atomic mass is 9.99. The Morgan fingerprint density at radius 1 is 1.30 bits per heavy atom. The van der Waals surface area contributed by atoms with E-state index in [2.05, 4.69) is 41.5 Å². The molecule has 1 aromatic carbocycles. The Kier molecular flexibility index (Phi) is 7.40. The lowest BCUT2D eigenvalue weighted by Gasteiger charge is -2.24. The summed E-state index contributed by atoms with van der Waals surface area (Å²) in [5.74, 6) is 0.607. The van der Waals surface area contributed by atoms with Gasteiger partial charge in [-0.15, -0.1) is 0 Å². The van der Waals surface area contributed by atoms with E-state index in [0.29, 0.717) is 5.92 Å². The fourth-order valence-electron chi connectivity index (χ4n) is 3.08. The average Bonchev–Trinajstić information content (AvgIpc) is 2.62. The van der Waals surface area contributed by atoms with Crippen LogP contribution in [0.15, 0.2) is 24.3 Å². The summed E-state index contributed by atoms with van der Waals surface area (Å²) in [6.45, 7) is 9.36. The zero-order chi connectivity index (χ0) is 16.5. The van der Waals surface area contributed by atoms with Gasteiger partial charge >= 0.3 is 0 Å². The van der Waals surface area contributed by atoms with Crippen molar-refractivity contribution in [2.24, 2.45) is 5.92 Å². The van der Waals surface area contributed by atoms with E-state index in [1.807, 2.05) is 12.1 Å². The molecule has 1 unspecified atom stereocenters. The highest BCUT2D eigenvalue weighted by molar-refractivity contribution is 5.94. The van der Waals surface area contributed by atoms with Gasteiger partial charge in [-0.25, -0.2) is 0 Å². The van der Waals surface area contributed by atoms with Gasteiger partial charge in [-0.3, -0.25) is 4.79 Å². The van der Waals surface area contributed by atoms with E-state index in [-0.39, 0.29) is 5.91 Å². The molecule has 1 saturated heterocycles. The molecule has 1 aliphatic rings. The van der Waals surface area contributed by atoms with Crippen molar-refractivity contribution in [2.45, 2.75) is 39.5 Å². The van der Waals surface area contributed by atoms with Gasteiger partial charge in [-0.2, -0.15) is 0 Å². The summed E-state index contributed by atoms with van der Waals surface area (Å²) in [5, 5.41) is 6.46. The summed E-state index contributed by atoms with van der Waals surface area (Å²) in [4.78, 5) is 14.6. The van der Waals surface area contributed by atoms with Crippen molar-refractivity contribution >= 4 is 11.6 Å². The fourth-order valence-corrected chi connectivity index (χ4v) is 3.08. The molecule has 2 rings (SSSR count). The topological polar surface area (TPSA) is 44.4 Å². The summed E-state index contributed by atoms with van der Waals surface area (Å²) < 4.78 is 0. The molecule has 1 amide bonds. The predicted molar refractivity (Wildman–Crippen MR) is 97.2 cm³/mol. The van der Waals surface area contributed by atoms with Crippen molar-refractivity contribution in [1.29, 1.82) is 0 Å². The van der Waals surface area contributed by atoms with E-state index in [4.69, 9.17) is 0 Å².